The largest absolute Gasteiger partial charge is 0.416 e. The highest BCUT2D eigenvalue weighted by Gasteiger charge is 2.35. The van der Waals surface area contributed by atoms with Crippen molar-refractivity contribution in [2.75, 3.05) is 0 Å². The molecule has 1 aliphatic rings. The average Bonchev–Trinajstić information content (AvgIpc) is 2.04. The minimum absolute atomic E-state index is 0.102. The molecule has 1 unspecified atom stereocenters. The Morgan fingerprint density at radius 2 is 2.15 bits per heavy atom. The number of alkyl halides is 3. The maximum atomic E-state index is 12.1. The molecule has 0 aromatic rings. The fourth-order valence-corrected chi connectivity index (χ4v) is 0.947. The van der Waals surface area contributed by atoms with Crippen LogP contribution in [-0.2, 0) is 0 Å². The fraction of sp³-hybridized carbons (Fsp3) is 0.375. The number of halogens is 3. The van der Waals surface area contributed by atoms with Crippen LogP contribution in [0.4, 0.5) is 13.2 Å². The van der Waals surface area contributed by atoms with E-state index in [1.807, 2.05) is 0 Å². The second-order valence-corrected chi connectivity index (χ2v) is 2.85. The predicted molar refractivity (Wildman–Crippen MR) is 40.4 cm³/mol. The van der Waals surface area contributed by atoms with Crippen LogP contribution in [0.5, 0.6) is 0 Å². The molecule has 0 aromatic heterocycles. The van der Waals surface area contributed by atoms with Crippen molar-refractivity contribution >= 4 is 0 Å². The van der Waals surface area contributed by atoms with Crippen LogP contribution >= 0.6 is 0 Å². The molecule has 0 radical (unpaired) electrons. The summed E-state index contributed by atoms with van der Waals surface area (Å²) in [4.78, 5) is 0. The molecule has 0 fully saturated rings. The molecule has 0 aliphatic heterocycles. The lowest BCUT2D eigenvalue weighted by Gasteiger charge is -2.20. The van der Waals surface area contributed by atoms with E-state index in [9.17, 15) is 13.2 Å². The zero-order chi connectivity index (χ0) is 10.1. The molecule has 5 heteroatoms. The van der Waals surface area contributed by atoms with Gasteiger partial charge in [-0.05, 0) is 6.08 Å². The van der Waals surface area contributed by atoms with Gasteiger partial charge in [-0.2, -0.15) is 18.4 Å². The lowest BCUT2D eigenvalue weighted by Crippen LogP contribution is -2.37. The highest BCUT2D eigenvalue weighted by Crippen LogP contribution is 2.31. The normalized spacial score (nSPS) is 28.1. The van der Waals surface area contributed by atoms with E-state index in [-0.39, 0.29) is 6.42 Å². The molecule has 0 aromatic carbocycles. The number of hydrogen-bond donors (Lipinski definition) is 1. The Hall–Kier alpha value is -1.28. The third-order valence-electron chi connectivity index (χ3n) is 1.76. The summed E-state index contributed by atoms with van der Waals surface area (Å²) in [7, 11) is 0. The van der Waals surface area contributed by atoms with Gasteiger partial charge >= 0.3 is 6.18 Å². The summed E-state index contributed by atoms with van der Waals surface area (Å²) in [5, 5.41) is 8.50. The van der Waals surface area contributed by atoms with Crippen molar-refractivity contribution in [1.29, 1.82) is 5.26 Å². The van der Waals surface area contributed by atoms with Gasteiger partial charge < -0.3 is 5.73 Å². The van der Waals surface area contributed by atoms with Crippen molar-refractivity contribution in [1.82, 2.24) is 0 Å². The number of rotatable bonds is 0. The highest BCUT2D eigenvalue weighted by molar-refractivity contribution is 5.36. The van der Waals surface area contributed by atoms with E-state index in [0.29, 0.717) is 0 Å². The Kier molecular flexibility index (Phi) is 2.18. The van der Waals surface area contributed by atoms with Gasteiger partial charge in [0.2, 0.25) is 0 Å². The summed E-state index contributed by atoms with van der Waals surface area (Å²) >= 11 is 0. The van der Waals surface area contributed by atoms with Gasteiger partial charge in [0.25, 0.3) is 0 Å². The van der Waals surface area contributed by atoms with Crippen molar-refractivity contribution in [3.8, 4) is 6.07 Å². The minimum atomic E-state index is -4.35. The monoisotopic (exact) mass is 188 g/mol. The van der Waals surface area contributed by atoms with Gasteiger partial charge in [-0.15, -0.1) is 0 Å². The first-order valence-electron chi connectivity index (χ1n) is 3.54. The van der Waals surface area contributed by atoms with E-state index >= 15 is 0 Å². The topological polar surface area (TPSA) is 49.8 Å². The van der Waals surface area contributed by atoms with Gasteiger partial charge in [-0.3, -0.25) is 0 Å². The third kappa shape index (κ3) is 2.10. The van der Waals surface area contributed by atoms with Crippen molar-refractivity contribution in [2.24, 2.45) is 5.73 Å². The van der Waals surface area contributed by atoms with Crippen LogP contribution in [0.25, 0.3) is 0 Å². The molecule has 1 rings (SSSR count). The van der Waals surface area contributed by atoms with E-state index in [0.717, 1.165) is 18.2 Å². The van der Waals surface area contributed by atoms with Crippen LogP contribution in [0.1, 0.15) is 6.42 Å². The molecule has 70 valence electrons. The Bertz CT molecular complexity index is 308. The van der Waals surface area contributed by atoms with Crippen molar-refractivity contribution in [3.05, 3.63) is 23.8 Å². The van der Waals surface area contributed by atoms with Gasteiger partial charge in [0.05, 0.1) is 11.6 Å². The predicted octanol–water partition coefficient (Wildman–Crippen LogP) is 1.66. The zero-order valence-corrected chi connectivity index (χ0v) is 6.60. The number of hydrogen-bond acceptors (Lipinski definition) is 2. The summed E-state index contributed by atoms with van der Waals surface area (Å²) in [5.74, 6) is 0. The summed E-state index contributed by atoms with van der Waals surface area (Å²) in [6.07, 6.45) is -1.60. The summed E-state index contributed by atoms with van der Waals surface area (Å²) in [5.41, 5.74) is 3.37. The SMILES string of the molecule is N#CC1(N)C=CC(C(F)(F)F)=CC1. The number of nitrogens with zero attached hydrogens (tertiary/aromatic N) is 1. The fourth-order valence-electron chi connectivity index (χ4n) is 0.947. The second kappa shape index (κ2) is 2.89. The van der Waals surface area contributed by atoms with Crippen molar-refractivity contribution in [2.45, 2.75) is 18.1 Å². The summed E-state index contributed by atoms with van der Waals surface area (Å²) in [6, 6.07) is 1.73. The summed E-state index contributed by atoms with van der Waals surface area (Å²) in [6.45, 7) is 0. The first-order valence-corrected chi connectivity index (χ1v) is 3.54. The quantitative estimate of drug-likeness (QED) is 0.628. The van der Waals surface area contributed by atoms with Gasteiger partial charge in [0, 0.05) is 6.42 Å². The number of allylic oxidation sites excluding steroid dienone is 2. The van der Waals surface area contributed by atoms with E-state index < -0.39 is 17.3 Å². The maximum absolute atomic E-state index is 12.1. The average molecular weight is 188 g/mol. The molecular weight excluding hydrogens is 181 g/mol. The standard InChI is InChI=1S/C8H7F3N2/c9-8(10,11)6-1-3-7(13,5-12)4-2-6/h1-3H,4,13H2. The van der Waals surface area contributed by atoms with E-state index in [4.69, 9.17) is 11.0 Å². The van der Waals surface area contributed by atoms with Crippen LogP contribution in [0.15, 0.2) is 23.8 Å². The Morgan fingerprint density at radius 3 is 2.46 bits per heavy atom. The molecular formula is C8H7F3N2. The Morgan fingerprint density at radius 1 is 1.54 bits per heavy atom. The molecule has 1 aliphatic carbocycles. The molecule has 0 spiro atoms. The number of nitriles is 1. The summed E-state index contributed by atoms with van der Waals surface area (Å²) < 4.78 is 36.2. The van der Waals surface area contributed by atoms with Crippen LogP contribution in [0.2, 0.25) is 0 Å². The van der Waals surface area contributed by atoms with E-state index in [1.165, 1.54) is 0 Å². The highest BCUT2D eigenvalue weighted by atomic mass is 19.4. The zero-order valence-electron chi connectivity index (χ0n) is 6.60. The van der Waals surface area contributed by atoms with Gasteiger partial charge in [-0.25, -0.2) is 0 Å². The van der Waals surface area contributed by atoms with Crippen molar-refractivity contribution in [3.63, 3.8) is 0 Å². The molecule has 2 nitrogen and oxygen atoms in total. The molecule has 1 atom stereocenters. The van der Waals surface area contributed by atoms with E-state index in [2.05, 4.69) is 0 Å². The molecule has 0 heterocycles. The number of nitrogens with two attached hydrogens (primary N) is 1. The van der Waals surface area contributed by atoms with Gasteiger partial charge in [0.15, 0.2) is 0 Å². The van der Waals surface area contributed by atoms with Crippen LogP contribution in [0, 0.1) is 11.3 Å². The van der Waals surface area contributed by atoms with Crippen LogP contribution in [0.3, 0.4) is 0 Å². The minimum Gasteiger partial charge on any atom is -0.310 e. The van der Waals surface area contributed by atoms with Gasteiger partial charge in [-0.1, -0.05) is 12.2 Å². The molecule has 0 saturated heterocycles. The molecule has 2 N–H and O–H groups in total. The maximum Gasteiger partial charge on any atom is 0.416 e. The molecule has 0 amide bonds. The third-order valence-corrected chi connectivity index (χ3v) is 1.76. The van der Waals surface area contributed by atoms with Crippen LogP contribution in [-0.4, -0.2) is 11.7 Å². The molecule has 0 bridgehead atoms. The molecule has 0 saturated carbocycles. The molecule has 13 heavy (non-hydrogen) atoms. The van der Waals surface area contributed by atoms with Gasteiger partial charge in [0.1, 0.15) is 5.54 Å². The van der Waals surface area contributed by atoms with E-state index in [1.54, 1.807) is 6.07 Å². The smallest absolute Gasteiger partial charge is 0.310 e. The first kappa shape index (κ1) is 9.81. The van der Waals surface area contributed by atoms with Crippen LogP contribution < -0.4 is 5.73 Å². The second-order valence-electron chi connectivity index (χ2n) is 2.85. The lowest BCUT2D eigenvalue weighted by atomic mass is 9.91. The van der Waals surface area contributed by atoms with Crippen molar-refractivity contribution < 1.29 is 13.2 Å². The Labute approximate surface area is 73.1 Å². The Balaban J connectivity index is 2.84. The first-order chi connectivity index (χ1) is 5.87. The lowest BCUT2D eigenvalue weighted by molar-refractivity contribution is -0.0887.